The number of allylic oxidation sites excluding steroid dienone is 1. The van der Waals surface area contributed by atoms with Crippen molar-refractivity contribution in [1.82, 2.24) is 5.32 Å². The molecule has 2 heteroatoms. The zero-order valence-corrected chi connectivity index (χ0v) is 11.1. The summed E-state index contributed by atoms with van der Waals surface area (Å²) in [5, 5.41) is 3.54. The molecule has 16 heavy (non-hydrogen) atoms. The van der Waals surface area contributed by atoms with E-state index in [2.05, 4.69) is 32.7 Å². The molecule has 0 spiro atoms. The SMILES string of the molecule is C=C(N)C1C(C)CCCNCC(C)CC1C. The van der Waals surface area contributed by atoms with Gasteiger partial charge in [-0.25, -0.2) is 0 Å². The number of nitrogens with two attached hydrogens (primary N) is 1. The molecule has 1 heterocycles. The van der Waals surface area contributed by atoms with Crippen LogP contribution in [-0.4, -0.2) is 13.1 Å². The van der Waals surface area contributed by atoms with E-state index in [9.17, 15) is 0 Å². The minimum Gasteiger partial charge on any atom is -0.402 e. The van der Waals surface area contributed by atoms with Crippen molar-refractivity contribution in [2.75, 3.05) is 13.1 Å². The summed E-state index contributed by atoms with van der Waals surface area (Å²) in [5.41, 5.74) is 6.88. The van der Waals surface area contributed by atoms with E-state index >= 15 is 0 Å². The van der Waals surface area contributed by atoms with Crippen LogP contribution < -0.4 is 11.1 Å². The van der Waals surface area contributed by atoms with Crippen molar-refractivity contribution < 1.29 is 0 Å². The first-order valence-corrected chi connectivity index (χ1v) is 6.67. The standard InChI is InChI=1S/C14H28N2/c1-10-8-12(3)14(13(4)15)11(2)6-5-7-16-9-10/h10-12,14,16H,4-9,15H2,1-3H3. The Bertz CT molecular complexity index is 225. The molecule has 0 aliphatic carbocycles. The summed E-state index contributed by atoms with van der Waals surface area (Å²) in [7, 11) is 0. The van der Waals surface area contributed by atoms with E-state index in [1.54, 1.807) is 0 Å². The zero-order valence-electron chi connectivity index (χ0n) is 11.1. The summed E-state index contributed by atoms with van der Waals surface area (Å²) in [5.74, 6) is 2.56. The monoisotopic (exact) mass is 224 g/mol. The van der Waals surface area contributed by atoms with Gasteiger partial charge in [-0.2, -0.15) is 0 Å². The first kappa shape index (κ1) is 13.6. The molecule has 1 aliphatic heterocycles. The Morgan fingerprint density at radius 1 is 1.25 bits per heavy atom. The molecule has 1 rings (SSSR count). The maximum atomic E-state index is 5.99. The normalized spacial score (nSPS) is 37.9. The van der Waals surface area contributed by atoms with Gasteiger partial charge < -0.3 is 11.1 Å². The molecule has 3 N–H and O–H groups in total. The predicted molar refractivity (Wildman–Crippen MR) is 71.0 cm³/mol. The van der Waals surface area contributed by atoms with Crippen molar-refractivity contribution in [2.45, 2.75) is 40.0 Å². The number of hydrogen-bond donors (Lipinski definition) is 2. The fourth-order valence-corrected chi connectivity index (χ4v) is 3.23. The van der Waals surface area contributed by atoms with Crippen molar-refractivity contribution in [3.63, 3.8) is 0 Å². The Kier molecular flexibility index (Phi) is 5.33. The summed E-state index contributed by atoms with van der Waals surface area (Å²) in [4.78, 5) is 0. The second-order valence-corrected chi connectivity index (χ2v) is 5.74. The number of nitrogens with one attached hydrogen (secondary N) is 1. The molecule has 2 nitrogen and oxygen atoms in total. The van der Waals surface area contributed by atoms with E-state index in [1.165, 1.54) is 19.3 Å². The van der Waals surface area contributed by atoms with Gasteiger partial charge in [-0.15, -0.1) is 0 Å². The average molecular weight is 224 g/mol. The molecular weight excluding hydrogens is 196 g/mol. The van der Waals surface area contributed by atoms with E-state index in [0.717, 1.165) is 24.7 Å². The van der Waals surface area contributed by atoms with Crippen LogP contribution in [0.2, 0.25) is 0 Å². The van der Waals surface area contributed by atoms with Crippen molar-refractivity contribution in [1.29, 1.82) is 0 Å². The summed E-state index contributed by atoms with van der Waals surface area (Å²) >= 11 is 0. The van der Waals surface area contributed by atoms with Crippen LogP contribution in [0.15, 0.2) is 12.3 Å². The second kappa shape index (κ2) is 6.29. The molecule has 0 amide bonds. The molecule has 0 bridgehead atoms. The summed E-state index contributed by atoms with van der Waals surface area (Å²) < 4.78 is 0. The van der Waals surface area contributed by atoms with Crippen LogP contribution in [0.3, 0.4) is 0 Å². The Hall–Kier alpha value is -0.500. The molecule has 4 atom stereocenters. The Morgan fingerprint density at radius 2 is 1.94 bits per heavy atom. The highest BCUT2D eigenvalue weighted by Gasteiger charge is 2.26. The molecule has 0 saturated carbocycles. The van der Waals surface area contributed by atoms with Crippen LogP contribution >= 0.6 is 0 Å². The lowest BCUT2D eigenvalue weighted by molar-refractivity contribution is 0.231. The van der Waals surface area contributed by atoms with Gasteiger partial charge >= 0.3 is 0 Å². The number of rotatable bonds is 1. The highest BCUT2D eigenvalue weighted by atomic mass is 14.9. The van der Waals surface area contributed by atoms with Crippen LogP contribution in [0.4, 0.5) is 0 Å². The van der Waals surface area contributed by atoms with Crippen LogP contribution in [0.5, 0.6) is 0 Å². The molecule has 4 unspecified atom stereocenters. The van der Waals surface area contributed by atoms with E-state index < -0.39 is 0 Å². The minimum absolute atomic E-state index is 0.501. The molecule has 0 aromatic rings. The molecule has 1 aliphatic rings. The summed E-state index contributed by atoms with van der Waals surface area (Å²) in [6.45, 7) is 13.3. The van der Waals surface area contributed by atoms with Crippen molar-refractivity contribution in [3.05, 3.63) is 12.3 Å². The zero-order chi connectivity index (χ0) is 12.1. The van der Waals surface area contributed by atoms with Crippen molar-refractivity contribution >= 4 is 0 Å². The van der Waals surface area contributed by atoms with Gasteiger partial charge in [0.05, 0.1) is 0 Å². The van der Waals surface area contributed by atoms with Gasteiger partial charge in [0.25, 0.3) is 0 Å². The van der Waals surface area contributed by atoms with Crippen molar-refractivity contribution in [2.24, 2.45) is 29.4 Å². The van der Waals surface area contributed by atoms with Crippen LogP contribution in [-0.2, 0) is 0 Å². The third-order valence-electron chi connectivity index (χ3n) is 3.93. The van der Waals surface area contributed by atoms with E-state index in [0.29, 0.717) is 17.8 Å². The quantitative estimate of drug-likeness (QED) is 0.719. The Balaban J connectivity index is 2.70. The smallest absolute Gasteiger partial charge is 0.00443 e. The van der Waals surface area contributed by atoms with E-state index in [1.807, 2.05) is 0 Å². The maximum absolute atomic E-state index is 5.99. The highest BCUT2D eigenvalue weighted by Crippen LogP contribution is 2.32. The van der Waals surface area contributed by atoms with E-state index in [-0.39, 0.29) is 0 Å². The molecule has 1 saturated heterocycles. The van der Waals surface area contributed by atoms with E-state index in [4.69, 9.17) is 5.73 Å². The highest BCUT2D eigenvalue weighted by molar-refractivity contribution is 4.99. The third-order valence-corrected chi connectivity index (χ3v) is 3.93. The third kappa shape index (κ3) is 3.82. The summed E-state index contributed by atoms with van der Waals surface area (Å²) in [6.07, 6.45) is 3.76. The lowest BCUT2D eigenvalue weighted by Crippen LogP contribution is -2.32. The lowest BCUT2D eigenvalue weighted by atomic mass is 9.75. The van der Waals surface area contributed by atoms with Gasteiger partial charge in [0.2, 0.25) is 0 Å². The topological polar surface area (TPSA) is 38.0 Å². The lowest BCUT2D eigenvalue weighted by Gasteiger charge is -2.32. The van der Waals surface area contributed by atoms with Crippen LogP contribution in [0.25, 0.3) is 0 Å². The molecule has 0 aromatic carbocycles. The Morgan fingerprint density at radius 3 is 2.56 bits per heavy atom. The Labute approximate surface area is 101 Å². The summed E-state index contributed by atoms with van der Waals surface area (Å²) in [6, 6.07) is 0. The van der Waals surface area contributed by atoms with Gasteiger partial charge in [-0.05, 0) is 50.1 Å². The predicted octanol–water partition coefficient (Wildman–Crippen LogP) is 2.76. The van der Waals surface area contributed by atoms with Gasteiger partial charge in [-0.1, -0.05) is 27.4 Å². The van der Waals surface area contributed by atoms with Gasteiger partial charge in [0.15, 0.2) is 0 Å². The molecule has 0 radical (unpaired) electrons. The molecule has 0 aromatic heterocycles. The molecule has 1 fully saturated rings. The fraction of sp³-hybridized carbons (Fsp3) is 0.857. The average Bonchev–Trinajstić information content (AvgIpc) is 2.15. The fourth-order valence-electron chi connectivity index (χ4n) is 3.23. The molecular formula is C14H28N2. The minimum atomic E-state index is 0.501. The van der Waals surface area contributed by atoms with Crippen LogP contribution in [0.1, 0.15) is 40.0 Å². The van der Waals surface area contributed by atoms with Gasteiger partial charge in [0.1, 0.15) is 0 Å². The van der Waals surface area contributed by atoms with Gasteiger partial charge in [-0.3, -0.25) is 0 Å². The molecule has 94 valence electrons. The first-order chi connectivity index (χ1) is 7.52. The number of hydrogen-bond acceptors (Lipinski definition) is 2. The largest absolute Gasteiger partial charge is 0.402 e. The maximum Gasteiger partial charge on any atom is 0.00443 e. The second-order valence-electron chi connectivity index (χ2n) is 5.74. The van der Waals surface area contributed by atoms with Crippen LogP contribution in [0, 0.1) is 23.7 Å². The van der Waals surface area contributed by atoms with Gasteiger partial charge in [0, 0.05) is 11.6 Å². The van der Waals surface area contributed by atoms with Crippen molar-refractivity contribution in [3.8, 4) is 0 Å². The first-order valence-electron chi connectivity index (χ1n) is 6.67.